The van der Waals surface area contributed by atoms with Gasteiger partial charge in [-0.3, -0.25) is 9.97 Å². The summed E-state index contributed by atoms with van der Waals surface area (Å²) in [6.07, 6.45) is 11.6. The molecule has 0 fully saturated rings. The van der Waals surface area contributed by atoms with Crippen LogP contribution in [0.4, 0.5) is 30.2 Å². The van der Waals surface area contributed by atoms with Crippen molar-refractivity contribution in [3.63, 3.8) is 0 Å². The Morgan fingerprint density at radius 1 is 0.866 bits per heavy atom. The number of benzene rings is 2. The van der Waals surface area contributed by atoms with Crippen molar-refractivity contribution in [2.45, 2.75) is 63.7 Å². The number of thiophene rings is 1. The molecule has 0 bridgehead atoms. The monoisotopic (exact) mass is 1030 g/mol. The number of isothiocyanates is 1. The van der Waals surface area contributed by atoms with Crippen LogP contribution in [-0.4, -0.2) is 50.0 Å². The van der Waals surface area contributed by atoms with Gasteiger partial charge in [0.2, 0.25) is 0 Å². The van der Waals surface area contributed by atoms with Crippen molar-refractivity contribution < 1.29 is 52.5 Å². The zero-order valence-corrected chi connectivity index (χ0v) is 39.4. The molecule has 0 spiro atoms. The smallest absolute Gasteiger partial charge is 0.753 e. The second kappa shape index (κ2) is 24.9. The van der Waals surface area contributed by atoms with E-state index in [4.69, 9.17) is 10.7 Å². The van der Waals surface area contributed by atoms with Gasteiger partial charge in [-0.15, -0.1) is 17.9 Å². The standard InChI is InChI=1S/C29H22N4O4.C20H22F3N2S.CNS.Ru/c34-28(35)19-11-13-30-24(15-19)26-16-20(29(36)37)17-27(32-26)25-18-23(12-14-31-25)33(21-7-3-1-4-8-21)22-9-5-2-6-10-22;1-2-3-4-5-6-14-8-10-26-19(14)15-7-9-24-17(11-15)18-12-16(13-25-18)20(21,22)23;2-1-3;/h1-12,14-18,27H,13H2,(H,34,35)(H,36,37);7-11,13,18H,2-6,12H2,1H3;;/q-2;2*-1;+4. The van der Waals surface area contributed by atoms with Crippen molar-refractivity contribution >= 4 is 57.7 Å². The molecule has 2 N–H and O–H groups in total. The third-order valence-electron chi connectivity index (χ3n) is 10.5. The number of anilines is 3. The summed E-state index contributed by atoms with van der Waals surface area (Å²) in [6.45, 7) is 2.37. The van der Waals surface area contributed by atoms with Crippen LogP contribution in [0.1, 0.15) is 68.1 Å². The number of pyridine rings is 2. The SMILES string of the molecule is CCCCCCc1ccsc1-c1ccnc(C2CC(C(F)(F)F)=C[N-]2)c1.O=C(O)C1=CC[N-]C(C2=CC(C(=O)O)=CC(c3cc(N(c4ccccc4)c4ccccc4)ccn3)[N-]2)=C1.[N-]=C=S.[Ru+4]. The van der Waals surface area contributed by atoms with E-state index in [1.165, 1.54) is 59.2 Å². The van der Waals surface area contributed by atoms with Crippen LogP contribution < -0.4 is 4.90 Å². The molecule has 0 aliphatic carbocycles. The van der Waals surface area contributed by atoms with Crippen molar-refractivity contribution in [1.82, 2.24) is 9.97 Å². The van der Waals surface area contributed by atoms with Gasteiger partial charge in [0, 0.05) is 51.3 Å². The maximum atomic E-state index is 12.8. The maximum absolute atomic E-state index is 12.8. The molecule has 3 aliphatic heterocycles. The minimum absolute atomic E-state index is 0. The van der Waals surface area contributed by atoms with Crippen LogP contribution in [0.2, 0.25) is 0 Å². The number of halogens is 3. The van der Waals surface area contributed by atoms with Crippen molar-refractivity contribution in [2.75, 3.05) is 11.4 Å². The largest absolute Gasteiger partial charge is 4.00 e. The Labute approximate surface area is 409 Å². The first-order chi connectivity index (χ1) is 31.9. The Balaban J connectivity index is 0.000000246. The fraction of sp³-hybridized carbons (Fsp3) is 0.220. The molecular formula is C50H44F3N7O4RuS2. The van der Waals surface area contributed by atoms with E-state index in [-0.39, 0.29) is 43.6 Å². The van der Waals surface area contributed by atoms with Gasteiger partial charge in [-0.25, -0.2) is 9.59 Å². The summed E-state index contributed by atoms with van der Waals surface area (Å²) < 4.78 is 38.5. The number of aliphatic carboxylic acids is 2. The zero-order valence-electron chi connectivity index (χ0n) is 36.0. The summed E-state index contributed by atoms with van der Waals surface area (Å²) in [5.41, 5.74) is 6.37. The summed E-state index contributed by atoms with van der Waals surface area (Å²) in [6, 6.07) is 28.3. The predicted molar refractivity (Wildman–Crippen MR) is 257 cm³/mol. The van der Waals surface area contributed by atoms with E-state index in [2.05, 4.69) is 56.1 Å². The van der Waals surface area contributed by atoms with Crippen LogP contribution in [0.3, 0.4) is 0 Å². The number of thiocarbonyl (C=S) groups is 1. The molecule has 0 saturated heterocycles. The third kappa shape index (κ3) is 14.0. The summed E-state index contributed by atoms with van der Waals surface area (Å²) in [4.78, 5) is 35.4. The zero-order chi connectivity index (χ0) is 47.1. The van der Waals surface area contributed by atoms with Crippen LogP contribution >= 0.6 is 23.6 Å². The van der Waals surface area contributed by atoms with Crippen LogP contribution in [-0.2, 0) is 35.5 Å². The fourth-order valence-corrected chi connectivity index (χ4v) is 8.27. The Bertz CT molecular complexity index is 2640. The average molecular weight is 1030 g/mol. The molecule has 0 saturated carbocycles. The number of rotatable bonds is 14. The number of hydrogen-bond donors (Lipinski definition) is 2. The Morgan fingerprint density at radius 2 is 1.51 bits per heavy atom. The molecule has 2 unspecified atom stereocenters. The molecular weight excluding hydrogens is 985 g/mol. The van der Waals surface area contributed by atoms with Crippen LogP contribution in [0.5, 0.6) is 0 Å². The second-order valence-corrected chi connectivity index (χ2v) is 16.1. The number of carbonyl (C=O) groups is 2. The molecule has 5 aromatic rings. The molecule has 17 heteroatoms. The summed E-state index contributed by atoms with van der Waals surface area (Å²) in [7, 11) is 0. The first-order valence-electron chi connectivity index (χ1n) is 21.0. The first kappa shape index (κ1) is 51.5. The van der Waals surface area contributed by atoms with Gasteiger partial charge in [-0.2, -0.15) is 35.9 Å². The van der Waals surface area contributed by atoms with Gasteiger partial charge in [0.1, 0.15) is 0 Å². The molecule has 0 radical (unpaired) electrons. The number of para-hydroxylation sites is 2. The number of aryl methyl sites for hydroxylation is 1. The Kier molecular flexibility index (Phi) is 19.1. The van der Waals surface area contributed by atoms with Crippen molar-refractivity contribution in [3.05, 3.63) is 206 Å². The van der Waals surface area contributed by atoms with E-state index >= 15 is 0 Å². The molecule has 11 nitrogen and oxygen atoms in total. The summed E-state index contributed by atoms with van der Waals surface area (Å²) >= 11 is 5.37. The number of nitrogens with zero attached hydrogens (tertiary/aromatic N) is 7. The number of alkyl halides is 3. The number of unbranched alkanes of at least 4 members (excludes halogenated alkanes) is 3. The molecule has 2 atom stereocenters. The van der Waals surface area contributed by atoms with Gasteiger partial charge in [0.05, 0.1) is 11.1 Å². The summed E-state index contributed by atoms with van der Waals surface area (Å²) in [5, 5.41) is 42.8. The fourth-order valence-electron chi connectivity index (χ4n) is 7.31. The quantitative estimate of drug-likeness (QED) is 0.0479. The number of hydrogen-bond acceptors (Lipinski definition) is 7. The van der Waals surface area contributed by atoms with E-state index in [1.807, 2.05) is 84.9 Å². The van der Waals surface area contributed by atoms with E-state index in [0.29, 0.717) is 22.8 Å². The number of carboxylic acids is 2. The van der Waals surface area contributed by atoms with Gasteiger partial charge in [-0.1, -0.05) is 111 Å². The Hall–Kier alpha value is -6.51. The minimum atomic E-state index is -4.31. The number of aromatic nitrogens is 2. The summed E-state index contributed by atoms with van der Waals surface area (Å²) in [5.74, 6) is -2.19. The molecule has 0 amide bonds. The molecule has 8 rings (SSSR count). The van der Waals surface area contributed by atoms with Gasteiger partial charge in [0.15, 0.2) is 0 Å². The topological polar surface area (TPSA) is 168 Å². The van der Waals surface area contributed by atoms with Gasteiger partial charge < -0.3 is 36.5 Å². The van der Waals surface area contributed by atoms with Crippen molar-refractivity contribution in [3.8, 4) is 10.4 Å². The van der Waals surface area contributed by atoms with Crippen molar-refractivity contribution in [1.29, 1.82) is 0 Å². The Morgan fingerprint density at radius 3 is 2.13 bits per heavy atom. The normalized spacial score (nSPS) is 16.0. The van der Waals surface area contributed by atoms with E-state index in [9.17, 15) is 33.0 Å². The molecule has 3 aromatic heterocycles. The molecule has 2 aromatic carbocycles. The van der Waals surface area contributed by atoms with Crippen molar-refractivity contribution in [2.24, 2.45) is 0 Å². The molecule has 344 valence electrons. The van der Waals surface area contributed by atoms with Gasteiger partial charge in [-0.05, 0) is 90.4 Å². The molecule has 3 aliphatic rings. The van der Waals surface area contributed by atoms with Crippen LogP contribution in [0.25, 0.3) is 31.8 Å². The second-order valence-electron chi connectivity index (χ2n) is 15.0. The third-order valence-corrected chi connectivity index (χ3v) is 11.5. The van der Waals surface area contributed by atoms with Gasteiger partial charge in [0.25, 0.3) is 0 Å². The van der Waals surface area contributed by atoms with Crippen LogP contribution in [0.15, 0.2) is 167 Å². The van der Waals surface area contributed by atoms with E-state index < -0.39 is 35.8 Å². The average Bonchev–Trinajstić information content (AvgIpc) is 4.04. The first-order valence-corrected chi connectivity index (χ1v) is 22.3. The van der Waals surface area contributed by atoms with E-state index in [1.54, 1.807) is 23.7 Å². The molecule has 67 heavy (non-hydrogen) atoms. The number of carboxylic acid groups (broad SMARTS) is 2. The van der Waals surface area contributed by atoms with Crippen LogP contribution in [0, 0.1) is 0 Å². The minimum Gasteiger partial charge on any atom is -0.753 e. The maximum Gasteiger partial charge on any atom is 4.00 e. The predicted octanol–water partition coefficient (Wildman–Crippen LogP) is 14.0. The van der Waals surface area contributed by atoms with Gasteiger partial charge >= 0.3 is 37.6 Å². The molecule has 6 heterocycles. The van der Waals surface area contributed by atoms with E-state index in [0.717, 1.165) is 41.7 Å².